The molecule has 1 heterocycles. The second-order valence-corrected chi connectivity index (χ2v) is 3.57. The Hall–Kier alpha value is -1.54. The number of aliphatic hydroxyl groups is 1. The molecule has 0 aliphatic heterocycles. The Balaban J connectivity index is 2.48. The van der Waals surface area contributed by atoms with E-state index in [1.165, 1.54) is 10.9 Å². The SMILES string of the molecule is Cn1cc(C(N)C(=O)NCC(O)C(F)F)cn1. The van der Waals surface area contributed by atoms with Gasteiger partial charge in [-0.2, -0.15) is 5.10 Å². The van der Waals surface area contributed by atoms with E-state index >= 15 is 0 Å². The molecular formula is C9H14F2N4O2. The molecule has 96 valence electrons. The fourth-order valence-electron chi connectivity index (χ4n) is 1.16. The van der Waals surface area contributed by atoms with Crippen molar-refractivity contribution in [1.29, 1.82) is 0 Å². The second-order valence-electron chi connectivity index (χ2n) is 3.57. The van der Waals surface area contributed by atoms with Gasteiger partial charge < -0.3 is 16.2 Å². The number of aryl methyl sites for hydroxylation is 1. The Morgan fingerprint density at radius 1 is 1.71 bits per heavy atom. The average molecular weight is 248 g/mol. The van der Waals surface area contributed by atoms with Crippen molar-refractivity contribution in [1.82, 2.24) is 15.1 Å². The van der Waals surface area contributed by atoms with Gasteiger partial charge in [0, 0.05) is 25.4 Å². The fraction of sp³-hybridized carbons (Fsp3) is 0.556. The zero-order valence-electron chi connectivity index (χ0n) is 9.18. The van der Waals surface area contributed by atoms with Crippen LogP contribution in [-0.2, 0) is 11.8 Å². The Kier molecular flexibility index (Phi) is 4.53. The molecule has 4 N–H and O–H groups in total. The molecule has 1 aromatic heterocycles. The van der Waals surface area contributed by atoms with Crippen molar-refractivity contribution in [3.8, 4) is 0 Å². The molecule has 0 aliphatic rings. The highest BCUT2D eigenvalue weighted by atomic mass is 19.3. The van der Waals surface area contributed by atoms with Gasteiger partial charge in [-0.05, 0) is 0 Å². The largest absolute Gasteiger partial charge is 0.385 e. The lowest BCUT2D eigenvalue weighted by atomic mass is 10.1. The van der Waals surface area contributed by atoms with Gasteiger partial charge in [0.2, 0.25) is 5.91 Å². The maximum Gasteiger partial charge on any atom is 0.265 e. The molecule has 0 spiro atoms. The first-order valence-corrected chi connectivity index (χ1v) is 4.90. The van der Waals surface area contributed by atoms with Crippen LogP contribution in [0.4, 0.5) is 8.78 Å². The Morgan fingerprint density at radius 2 is 2.35 bits per heavy atom. The van der Waals surface area contributed by atoms with Crippen LogP contribution in [-0.4, -0.2) is 39.9 Å². The van der Waals surface area contributed by atoms with Gasteiger partial charge in [0.15, 0.2) is 0 Å². The van der Waals surface area contributed by atoms with E-state index in [0.29, 0.717) is 5.56 Å². The molecule has 1 aromatic rings. The number of amides is 1. The molecule has 1 amide bonds. The van der Waals surface area contributed by atoms with Gasteiger partial charge in [-0.25, -0.2) is 8.78 Å². The number of nitrogens with one attached hydrogen (secondary N) is 1. The highest BCUT2D eigenvalue weighted by Gasteiger charge is 2.21. The van der Waals surface area contributed by atoms with E-state index in [4.69, 9.17) is 10.8 Å². The summed E-state index contributed by atoms with van der Waals surface area (Å²) >= 11 is 0. The molecular weight excluding hydrogens is 234 g/mol. The summed E-state index contributed by atoms with van der Waals surface area (Å²) in [5.74, 6) is -0.641. The van der Waals surface area contributed by atoms with Crippen molar-refractivity contribution in [2.45, 2.75) is 18.6 Å². The highest BCUT2D eigenvalue weighted by Crippen LogP contribution is 2.08. The van der Waals surface area contributed by atoms with E-state index in [1.54, 1.807) is 13.2 Å². The minimum Gasteiger partial charge on any atom is -0.385 e. The average Bonchev–Trinajstić information content (AvgIpc) is 2.70. The number of nitrogens with two attached hydrogens (primary N) is 1. The maximum atomic E-state index is 12.0. The van der Waals surface area contributed by atoms with E-state index in [1.807, 2.05) is 0 Å². The summed E-state index contributed by atoms with van der Waals surface area (Å²) < 4.78 is 25.4. The van der Waals surface area contributed by atoms with E-state index in [-0.39, 0.29) is 0 Å². The molecule has 17 heavy (non-hydrogen) atoms. The van der Waals surface area contributed by atoms with Crippen molar-refractivity contribution < 1.29 is 18.7 Å². The van der Waals surface area contributed by atoms with Gasteiger partial charge in [0.1, 0.15) is 12.1 Å². The number of hydrogen-bond donors (Lipinski definition) is 3. The summed E-state index contributed by atoms with van der Waals surface area (Å²) in [7, 11) is 1.66. The minimum absolute atomic E-state index is 0.469. The molecule has 2 unspecified atom stereocenters. The summed E-state index contributed by atoms with van der Waals surface area (Å²) in [6.45, 7) is -0.537. The lowest BCUT2D eigenvalue weighted by Gasteiger charge is -2.13. The predicted octanol–water partition coefficient (Wildman–Crippen LogP) is -0.838. The third-order valence-corrected chi connectivity index (χ3v) is 2.14. The van der Waals surface area contributed by atoms with E-state index in [9.17, 15) is 13.6 Å². The molecule has 0 fully saturated rings. The first-order valence-electron chi connectivity index (χ1n) is 4.90. The van der Waals surface area contributed by atoms with Crippen LogP contribution in [0, 0.1) is 0 Å². The maximum absolute atomic E-state index is 12.0. The number of aliphatic hydroxyl groups excluding tert-OH is 1. The van der Waals surface area contributed by atoms with E-state index in [2.05, 4.69) is 10.4 Å². The number of aromatic nitrogens is 2. The first-order chi connectivity index (χ1) is 7.91. The molecule has 0 aromatic carbocycles. The van der Waals surface area contributed by atoms with Gasteiger partial charge in [0.05, 0.1) is 6.20 Å². The lowest BCUT2D eigenvalue weighted by molar-refractivity contribution is -0.123. The third-order valence-electron chi connectivity index (χ3n) is 2.14. The standard InChI is InChI=1S/C9H14F2N4O2/c1-15-4-5(2-14-15)7(12)9(17)13-3-6(16)8(10)11/h2,4,6-8,16H,3,12H2,1H3,(H,13,17). The number of nitrogens with zero attached hydrogens (tertiary/aromatic N) is 2. The molecule has 0 saturated heterocycles. The Labute approximate surface area is 96.4 Å². The van der Waals surface area contributed by atoms with Gasteiger partial charge in [0.25, 0.3) is 6.43 Å². The number of carbonyl (C=O) groups excluding carboxylic acids is 1. The highest BCUT2D eigenvalue weighted by molar-refractivity contribution is 5.82. The zero-order chi connectivity index (χ0) is 13.0. The summed E-state index contributed by atoms with van der Waals surface area (Å²) in [6.07, 6.45) is -1.83. The van der Waals surface area contributed by atoms with E-state index in [0.717, 1.165) is 0 Å². The van der Waals surface area contributed by atoms with Crippen LogP contribution >= 0.6 is 0 Å². The first kappa shape index (κ1) is 13.5. The summed E-state index contributed by atoms with van der Waals surface area (Å²) in [6, 6.07) is -0.992. The second kappa shape index (κ2) is 5.69. The summed E-state index contributed by atoms with van der Waals surface area (Å²) in [5.41, 5.74) is 6.05. The van der Waals surface area contributed by atoms with Gasteiger partial charge in [-0.3, -0.25) is 9.48 Å². The minimum atomic E-state index is -2.90. The summed E-state index contributed by atoms with van der Waals surface area (Å²) in [4.78, 5) is 11.5. The van der Waals surface area contributed by atoms with Crippen molar-refractivity contribution in [3.05, 3.63) is 18.0 Å². The predicted molar refractivity (Wildman–Crippen MR) is 55.2 cm³/mol. The van der Waals surface area contributed by atoms with Crippen LogP contribution in [0.3, 0.4) is 0 Å². The Bertz CT molecular complexity index is 383. The van der Waals surface area contributed by atoms with Crippen LogP contribution < -0.4 is 11.1 Å². The van der Waals surface area contributed by atoms with Crippen molar-refractivity contribution >= 4 is 5.91 Å². The van der Waals surface area contributed by atoms with Crippen LogP contribution in [0.2, 0.25) is 0 Å². The van der Waals surface area contributed by atoms with Crippen LogP contribution in [0.1, 0.15) is 11.6 Å². The quantitative estimate of drug-likeness (QED) is 0.633. The van der Waals surface area contributed by atoms with Gasteiger partial charge >= 0.3 is 0 Å². The van der Waals surface area contributed by atoms with Crippen molar-refractivity contribution in [2.75, 3.05) is 6.54 Å². The van der Waals surface area contributed by atoms with Crippen molar-refractivity contribution in [2.24, 2.45) is 12.8 Å². The third kappa shape index (κ3) is 3.75. The number of alkyl halides is 2. The normalized spacial score (nSPS) is 14.7. The molecule has 0 aliphatic carbocycles. The van der Waals surface area contributed by atoms with E-state index < -0.39 is 31.0 Å². The van der Waals surface area contributed by atoms with Crippen molar-refractivity contribution in [3.63, 3.8) is 0 Å². The molecule has 0 bridgehead atoms. The number of hydrogen-bond acceptors (Lipinski definition) is 4. The van der Waals surface area contributed by atoms with Crippen LogP contribution in [0.15, 0.2) is 12.4 Å². The molecule has 8 heteroatoms. The number of rotatable bonds is 5. The summed E-state index contributed by atoms with van der Waals surface area (Å²) in [5, 5.41) is 14.8. The van der Waals surface area contributed by atoms with Crippen LogP contribution in [0.5, 0.6) is 0 Å². The van der Waals surface area contributed by atoms with Gasteiger partial charge in [-0.15, -0.1) is 0 Å². The van der Waals surface area contributed by atoms with Gasteiger partial charge in [-0.1, -0.05) is 0 Å². The molecule has 1 rings (SSSR count). The molecule has 6 nitrogen and oxygen atoms in total. The zero-order valence-corrected chi connectivity index (χ0v) is 9.18. The monoisotopic (exact) mass is 248 g/mol. The molecule has 0 saturated carbocycles. The molecule has 2 atom stereocenters. The number of carbonyl (C=O) groups is 1. The fourth-order valence-corrected chi connectivity index (χ4v) is 1.16. The Morgan fingerprint density at radius 3 is 2.82 bits per heavy atom. The van der Waals surface area contributed by atoms with Crippen LogP contribution in [0.25, 0.3) is 0 Å². The smallest absolute Gasteiger partial charge is 0.265 e. The lowest BCUT2D eigenvalue weighted by Crippen LogP contribution is -2.40. The number of halogens is 2. The topological polar surface area (TPSA) is 93.2 Å². The molecule has 0 radical (unpaired) electrons.